The summed E-state index contributed by atoms with van der Waals surface area (Å²) in [7, 11) is 1.62. The van der Waals surface area contributed by atoms with E-state index in [1.807, 2.05) is 6.07 Å². The van der Waals surface area contributed by atoms with Gasteiger partial charge in [0.1, 0.15) is 0 Å². The third-order valence-electron chi connectivity index (χ3n) is 2.24. The number of nitriles is 1. The van der Waals surface area contributed by atoms with Crippen molar-refractivity contribution in [2.24, 2.45) is 0 Å². The van der Waals surface area contributed by atoms with Crippen molar-refractivity contribution < 1.29 is 9.84 Å². The molecule has 0 aromatic heterocycles. The van der Waals surface area contributed by atoms with Crippen LogP contribution in [0.4, 0.5) is 5.69 Å². The number of nitrogens with zero attached hydrogens (tertiary/aromatic N) is 1. The van der Waals surface area contributed by atoms with E-state index in [1.165, 1.54) is 0 Å². The molecule has 2 N–H and O–H groups in total. The lowest BCUT2D eigenvalue weighted by molar-refractivity contribution is 0.170. The fraction of sp³-hybridized carbons (Fsp3) is 0.417. The van der Waals surface area contributed by atoms with Gasteiger partial charge in [-0.25, -0.2) is 0 Å². The summed E-state index contributed by atoms with van der Waals surface area (Å²) in [4.78, 5) is 0. The highest BCUT2D eigenvalue weighted by molar-refractivity contribution is 9.10. The summed E-state index contributed by atoms with van der Waals surface area (Å²) in [5.74, 6) is 0. The van der Waals surface area contributed by atoms with Gasteiger partial charge < -0.3 is 15.2 Å². The van der Waals surface area contributed by atoms with E-state index in [1.54, 1.807) is 19.2 Å². The minimum Gasteiger partial charge on any atom is -0.396 e. The number of ether oxygens (including phenoxy) is 1. The summed E-state index contributed by atoms with van der Waals surface area (Å²) in [5.41, 5.74) is 1.42. The first-order chi connectivity index (χ1) is 8.19. The summed E-state index contributed by atoms with van der Waals surface area (Å²) in [6.07, 6.45) is 0.599. The highest BCUT2D eigenvalue weighted by Crippen LogP contribution is 2.20. The molecule has 0 saturated carbocycles. The van der Waals surface area contributed by atoms with Crippen LogP contribution in [-0.4, -0.2) is 31.5 Å². The molecule has 1 rings (SSSR count). The van der Waals surface area contributed by atoms with Crippen molar-refractivity contribution in [1.82, 2.24) is 0 Å². The molecule has 0 amide bonds. The van der Waals surface area contributed by atoms with Gasteiger partial charge in [0.15, 0.2) is 0 Å². The Hall–Kier alpha value is -1.09. The lowest BCUT2D eigenvalue weighted by Gasteiger charge is -2.18. The molecule has 0 aliphatic carbocycles. The van der Waals surface area contributed by atoms with Crippen LogP contribution in [0.15, 0.2) is 22.7 Å². The van der Waals surface area contributed by atoms with Gasteiger partial charge >= 0.3 is 0 Å². The second-order valence-electron chi connectivity index (χ2n) is 3.65. The normalized spacial score (nSPS) is 11.9. The van der Waals surface area contributed by atoms with Crippen LogP contribution in [0, 0.1) is 11.3 Å². The first kappa shape index (κ1) is 14.0. The fourth-order valence-electron chi connectivity index (χ4n) is 1.53. The Morgan fingerprint density at radius 3 is 2.88 bits per heavy atom. The average Bonchev–Trinajstić information content (AvgIpc) is 2.29. The molecule has 0 fully saturated rings. The highest BCUT2D eigenvalue weighted by Gasteiger charge is 2.08. The number of nitrogens with one attached hydrogen (secondary N) is 1. The summed E-state index contributed by atoms with van der Waals surface area (Å²) in [6, 6.07) is 7.54. The molecule has 0 aliphatic rings. The number of rotatable bonds is 6. The van der Waals surface area contributed by atoms with Crippen LogP contribution < -0.4 is 5.32 Å². The van der Waals surface area contributed by atoms with Gasteiger partial charge in [-0.15, -0.1) is 0 Å². The molecule has 0 bridgehead atoms. The quantitative estimate of drug-likeness (QED) is 0.844. The maximum atomic E-state index is 8.94. The van der Waals surface area contributed by atoms with E-state index in [-0.39, 0.29) is 12.6 Å². The maximum Gasteiger partial charge on any atom is 0.0992 e. The number of hydrogen-bond donors (Lipinski definition) is 2. The number of anilines is 1. The van der Waals surface area contributed by atoms with Crippen molar-refractivity contribution in [1.29, 1.82) is 5.26 Å². The van der Waals surface area contributed by atoms with Crippen LogP contribution in [0.5, 0.6) is 0 Å². The van der Waals surface area contributed by atoms with Crippen molar-refractivity contribution in [2.75, 3.05) is 25.6 Å². The minimum atomic E-state index is 0.0332. The van der Waals surface area contributed by atoms with Crippen molar-refractivity contribution in [2.45, 2.75) is 12.5 Å². The molecule has 1 aromatic carbocycles. The summed E-state index contributed by atoms with van der Waals surface area (Å²) in [5, 5.41) is 21.0. The van der Waals surface area contributed by atoms with Crippen LogP contribution in [0.1, 0.15) is 12.0 Å². The second kappa shape index (κ2) is 7.28. The molecule has 17 heavy (non-hydrogen) atoms. The van der Waals surface area contributed by atoms with Gasteiger partial charge in [-0.2, -0.15) is 5.26 Å². The van der Waals surface area contributed by atoms with Gasteiger partial charge in [0, 0.05) is 23.9 Å². The minimum absolute atomic E-state index is 0.0332. The van der Waals surface area contributed by atoms with Gasteiger partial charge in [-0.1, -0.05) is 15.9 Å². The van der Waals surface area contributed by atoms with Crippen LogP contribution in [0.25, 0.3) is 0 Å². The predicted molar refractivity (Wildman–Crippen MR) is 69.8 cm³/mol. The largest absolute Gasteiger partial charge is 0.396 e. The number of aliphatic hydroxyl groups is 1. The third kappa shape index (κ3) is 4.73. The molecule has 0 aliphatic heterocycles. The molecule has 1 atom stereocenters. The Bertz CT molecular complexity index is 398. The van der Waals surface area contributed by atoms with E-state index in [2.05, 4.69) is 27.3 Å². The van der Waals surface area contributed by atoms with Gasteiger partial charge in [-0.05, 0) is 24.6 Å². The Morgan fingerprint density at radius 1 is 1.53 bits per heavy atom. The van der Waals surface area contributed by atoms with E-state index >= 15 is 0 Å². The summed E-state index contributed by atoms with van der Waals surface area (Å²) in [6.45, 7) is 0.606. The van der Waals surface area contributed by atoms with Gasteiger partial charge in [0.05, 0.1) is 24.3 Å². The lowest BCUT2D eigenvalue weighted by atomic mass is 10.1. The second-order valence-corrected chi connectivity index (χ2v) is 4.56. The SMILES string of the molecule is COCC(CCO)Nc1cc(Br)cc(C#N)c1. The van der Waals surface area contributed by atoms with Gasteiger partial charge in [0.2, 0.25) is 0 Å². The number of aliphatic hydroxyl groups excluding tert-OH is 1. The smallest absolute Gasteiger partial charge is 0.0992 e. The standard InChI is InChI=1S/C12H15BrN2O2/c1-17-8-11(2-3-16)15-12-5-9(7-14)4-10(13)6-12/h4-6,11,15-16H,2-3,8H2,1H3. The fourth-order valence-corrected chi connectivity index (χ4v) is 2.02. The van der Waals surface area contributed by atoms with Crippen molar-refractivity contribution in [3.8, 4) is 6.07 Å². The molecule has 0 spiro atoms. The molecule has 1 aromatic rings. The molecular formula is C12H15BrN2O2. The number of halogens is 1. The Labute approximate surface area is 109 Å². The first-order valence-electron chi connectivity index (χ1n) is 5.26. The topological polar surface area (TPSA) is 65.3 Å². The monoisotopic (exact) mass is 298 g/mol. The molecule has 1 unspecified atom stereocenters. The van der Waals surface area contributed by atoms with Crippen molar-refractivity contribution >= 4 is 21.6 Å². The summed E-state index contributed by atoms with van der Waals surface area (Å²) < 4.78 is 5.91. The van der Waals surface area contributed by atoms with E-state index < -0.39 is 0 Å². The van der Waals surface area contributed by atoms with Crippen molar-refractivity contribution in [3.63, 3.8) is 0 Å². The van der Waals surface area contributed by atoms with Crippen LogP contribution in [0.3, 0.4) is 0 Å². The zero-order valence-electron chi connectivity index (χ0n) is 9.61. The Morgan fingerprint density at radius 2 is 2.29 bits per heavy atom. The molecule has 0 heterocycles. The Kier molecular flexibility index (Phi) is 5.98. The predicted octanol–water partition coefficient (Wildman–Crippen LogP) is 2.13. The van der Waals surface area contributed by atoms with Crippen LogP contribution >= 0.6 is 15.9 Å². The summed E-state index contributed by atoms with van der Waals surface area (Å²) >= 11 is 3.35. The molecule has 0 radical (unpaired) electrons. The molecule has 92 valence electrons. The zero-order chi connectivity index (χ0) is 12.7. The number of hydrogen-bond acceptors (Lipinski definition) is 4. The molecule has 5 heteroatoms. The third-order valence-corrected chi connectivity index (χ3v) is 2.70. The van der Waals surface area contributed by atoms with E-state index in [4.69, 9.17) is 15.1 Å². The first-order valence-corrected chi connectivity index (χ1v) is 6.06. The number of methoxy groups -OCH3 is 1. The lowest BCUT2D eigenvalue weighted by Crippen LogP contribution is -2.26. The van der Waals surface area contributed by atoms with Crippen LogP contribution in [0.2, 0.25) is 0 Å². The molecule has 0 saturated heterocycles. The molecule has 4 nitrogen and oxygen atoms in total. The van der Waals surface area contributed by atoms with Crippen molar-refractivity contribution in [3.05, 3.63) is 28.2 Å². The van der Waals surface area contributed by atoms with E-state index in [0.717, 1.165) is 10.2 Å². The average molecular weight is 299 g/mol. The molecular weight excluding hydrogens is 284 g/mol. The highest BCUT2D eigenvalue weighted by atomic mass is 79.9. The van der Waals surface area contributed by atoms with E-state index in [0.29, 0.717) is 18.6 Å². The van der Waals surface area contributed by atoms with E-state index in [9.17, 15) is 0 Å². The van der Waals surface area contributed by atoms with Gasteiger partial charge in [-0.3, -0.25) is 0 Å². The Balaban J connectivity index is 2.78. The maximum absolute atomic E-state index is 8.94. The zero-order valence-corrected chi connectivity index (χ0v) is 11.2. The van der Waals surface area contributed by atoms with Gasteiger partial charge in [0.25, 0.3) is 0 Å². The van der Waals surface area contributed by atoms with Crippen LogP contribution in [-0.2, 0) is 4.74 Å². The number of benzene rings is 1.